The summed E-state index contributed by atoms with van der Waals surface area (Å²) in [7, 11) is 1.77. The number of aliphatic hydroxyl groups is 1. The zero-order valence-corrected chi connectivity index (χ0v) is 26.2. The molecule has 13 heteroatoms. The van der Waals surface area contributed by atoms with Gasteiger partial charge in [-0.15, -0.1) is 0 Å². The number of amides is 5. The molecule has 0 aromatic heterocycles. The lowest BCUT2D eigenvalue weighted by atomic mass is 9.99. The van der Waals surface area contributed by atoms with Crippen molar-refractivity contribution in [3.8, 4) is 5.75 Å². The van der Waals surface area contributed by atoms with Crippen molar-refractivity contribution >= 4 is 35.2 Å². The molecule has 0 saturated carbocycles. The third-order valence-electron chi connectivity index (χ3n) is 7.17. The fourth-order valence-corrected chi connectivity index (χ4v) is 5.00. The second-order valence-corrected chi connectivity index (χ2v) is 12.0. The molecule has 1 aliphatic rings. The number of anilines is 1. The normalized spacial score (nSPS) is 16.6. The van der Waals surface area contributed by atoms with Crippen molar-refractivity contribution in [2.24, 2.45) is 5.73 Å². The van der Waals surface area contributed by atoms with Gasteiger partial charge in [-0.2, -0.15) is 0 Å². The third kappa shape index (κ3) is 10.8. The van der Waals surface area contributed by atoms with Crippen LogP contribution in [0.3, 0.4) is 0 Å². The topological polar surface area (TPSA) is 192 Å². The molecule has 3 rings (SSSR count). The van der Waals surface area contributed by atoms with E-state index in [-0.39, 0.29) is 18.9 Å². The van der Waals surface area contributed by atoms with E-state index in [1.54, 1.807) is 61.6 Å². The van der Waals surface area contributed by atoms with Gasteiger partial charge < -0.3 is 41.7 Å². The Morgan fingerprint density at radius 3 is 2.29 bits per heavy atom. The lowest BCUT2D eigenvalue weighted by molar-refractivity contribution is -0.147. The SMILES string of the molecule is CNc1ccc(OCC(=O)N[C@@H](CC(N)=O)C(=O)N[C@@H](Cc2ccccc2)[C@H](O)C(=O)N2CCC[C@H]2C(=O)NC(C)(C)C)cc1. The monoisotopic (exact) mass is 624 g/mol. The van der Waals surface area contributed by atoms with Gasteiger partial charge in [-0.05, 0) is 69.9 Å². The number of hydrogen-bond acceptors (Lipinski definition) is 8. The number of hydrogen-bond donors (Lipinski definition) is 6. The Hall–Kier alpha value is -4.65. The van der Waals surface area contributed by atoms with E-state index in [1.807, 2.05) is 20.8 Å². The van der Waals surface area contributed by atoms with E-state index < -0.39 is 66.4 Å². The van der Waals surface area contributed by atoms with Gasteiger partial charge in [-0.25, -0.2) is 0 Å². The fraction of sp³-hybridized carbons (Fsp3) is 0.469. The predicted octanol–water partition coefficient (Wildman–Crippen LogP) is 0.461. The van der Waals surface area contributed by atoms with E-state index >= 15 is 0 Å². The number of ether oxygens (including phenoxy) is 1. The van der Waals surface area contributed by atoms with E-state index in [9.17, 15) is 29.1 Å². The molecule has 4 atom stereocenters. The van der Waals surface area contributed by atoms with Crippen LogP contribution in [0.1, 0.15) is 45.6 Å². The molecule has 0 radical (unpaired) electrons. The summed E-state index contributed by atoms with van der Waals surface area (Å²) in [6.45, 7) is 5.33. The molecule has 45 heavy (non-hydrogen) atoms. The Labute approximate surface area is 263 Å². The minimum absolute atomic E-state index is 0.0507. The molecule has 0 bridgehead atoms. The van der Waals surface area contributed by atoms with E-state index in [0.29, 0.717) is 24.2 Å². The zero-order valence-electron chi connectivity index (χ0n) is 26.2. The smallest absolute Gasteiger partial charge is 0.258 e. The highest BCUT2D eigenvalue weighted by Gasteiger charge is 2.40. The molecule has 244 valence electrons. The van der Waals surface area contributed by atoms with Gasteiger partial charge in [0, 0.05) is 24.8 Å². The van der Waals surface area contributed by atoms with Crippen LogP contribution in [0.5, 0.6) is 5.75 Å². The number of nitrogens with zero attached hydrogens (tertiary/aromatic N) is 1. The first kappa shape index (κ1) is 34.8. The molecule has 0 aliphatic carbocycles. The van der Waals surface area contributed by atoms with E-state index in [4.69, 9.17) is 10.5 Å². The molecule has 2 aromatic carbocycles. The summed E-state index contributed by atoms with van der Waals surface area (Å²) in [6, 6.07) is 12.4. The van der Waals surface area contributed by atoms with Crippen LogP contribution in [0.4, 0.5) is 5.69 Å². The molecule has 0 unspecified atom stereocenters. The van der Waals surface area contributed by atoms with Crippen LogP contribution >= 0.6 is 0 Å². The van der Waals surface area contributed by atoms with Crippen LogP contribution in [0.2, 0.25) is 0 Å². The lowest BCUT2D eigenvalue weighted by Crippen LogP contribution is -2.59. The first-order chi connectivity index (χ1) is 21.3. The quantitative estimate of drug-likeness (QED) is 0.175. The molecule has 2 aromatic rings. The number of aliphatic hydroxyl groups excluding tert-OH is 1. The number of primary amides is 1. The van der Waals surface area contributed by atoms with Gasteiger partial charge in [0.1, 0.15) is 17.8 Å². The summed E-state index contributed by atoms with van der Waals surface area (Å²) in [4.78, 5) is 65.9. The predicted molar refractivity (Wildman–Crippen MR) is 168 cm³/mol. The van der Waals surface area contributed by atoms with Crippen LogP contribution < -0.4 is 31.7 Å². The highest BCUT2D eigenvalue weighted by Crippen LogP contribution is 2.21. The van der Waals surface area contributed by atoms with Crippen molar-refractivity contribution in [3.05, 3.63) is 60.2 Å². The van der Waals surface area contributed by atoms with Crippen molar-refractivity contribution < 1.29 is 33.8 Å². The van der Waals surface area contributed by atoms with Gasteiger partial charge in [-0.3, -0.25) is 24.0 Å². The number of nitrogens with two attached hydrogens (primary N) is 1. The van der Waals surface area contributed by atoms with E-state index in [1.165, 1.54) is 4.90 Å². The van der Waals surface area contributed by atoms with Gasteiger partial charge in [-0.1, -0.05) is 30.3 Å². The summed E-state index contributed by atoms with van der Waals surface area (Å²) in [5, 5.41) is 22.3. The van der Waals surface area contributed by atoms with Crippen LogP contribution in [-0.2, 0) is 30.4 Å². The number of rotatable bonds is 14. The molecule has 1 aliphatic heterocycles. The number of carbonyl (C=O) groups is 5. The van der Waals surface area contributed by atoms with Crippen molar-refractivity contribution in [2.45, 2.75) is 76.2 Å². The Bertz CT molecular complexity index is 1330. The minimum atomic E-state index is -1.73. The Morgan fingerprint density at radius 2 is 1.69 bits per heavy atom. The van der Waals surface area contributed by atoms with Gasteiger partial charge in [0.25, 0.3) is 11.8 Å². The van der Waals surface area contributed by atoms with E-state index in [0.717, 1.165) is 5.69 Å². The lowest BCUT2D eigenvalue weighted by Gasteiger charge is -2.32. The van der Waals surface area contributed by atoms with Gasteiger partial charge in [0.15, 0.2) is 12.7 Å². The Balaban J connectivity index is 1.75. The van der Waals surface area contributed by atoms with Crippen LogP contribution in [-0.4, -0.2) is 89.5 Å². The van der Waals surface area contributed by atoms with Crippen LogP contribution in [0.25, 0.3) is 0 Å². The van der Waals surface area contributed by atoms with Gasteiger partial charge >= 0.3 is 0 Å². The zero-order chi connectivity index (χ0) is 33.1. The molecule has 13 nitrogen and oxygen atoms in total. The molecule has 1 fully saturated rings. The molecule has 5 amide bonds. The van der Waals surface area contributed by atoms with Gasteiger partial charge in [0.2, 0.25) is 17.7 Å². The van der Waals surface area contributed by atoms with Crippen molar-refractivity contribution in [1.29, 1.82) is 0 Å². The fourth-order valence-electron chi connectivity index (χ4n) is 5.00. The Kier molecular flexibility index (Phi) is 12.3. The molecule has 0 spiro atoms. The number of likely N-dealkylation sites (tertiary alicyclic amines) is 1. The number of nitrogens with one attached hydrogen (secondary N) is 4. The second-order valence-electron chi connectivity index (χ2n) is 12.0. The number of benzene rings is 2. The molecular weight excluding hydrogens is 580 g/mol. The van der Waals surface area contributed by atoms with Crippen LogP contribution in [0.15, 0.2) is 54.6 Å². The third-order valence-corrected chi connectivity index (χ3v) is 7.17. The standard InChI is InChI=1S/C32H44N6O7/c1-32(2,3)37-30(43)25-11-8-16-38(25)31(44)28(41)23(17-20-9-6-5-7-10-20)36-29(42)24(18-26(33)39)35-27(40)19-45-22-14-12-21(34-4)13-15-22/h5-7,9-10,12-15,23-25,28,34,41H,8,11,16-19H2,1-4H3,(H2,33,39)(H,35,40)(H,36,42)(H,37,43)/t23-,24-,25-,28-/m0/s1. The molecule has 7 N–H and O–H groups in total. The summed E-state index contributed by atoms with van der Waals surface area (Å²) in [6.07, 6.45) is -1.20. The number of carbonyl (C=O) groups excluding carboxylic acids is 5. The highest BCUT2D eigenvalue weighted by molar-refractivity contribution is 5.93. The van der Waals surface area contributed by atoms with Crippen LogP contribution in [0, 0.1) is 0 Å². The summed E-state index contributed by atoms with van der Waals surface area (Å²) < 4.78 is 5.49. The maximum atomic E-state index is 13.6. The highest BCUT2D eigenvalue weighted by atomic mass is 16.5. The maximum Gasteiger partial charge on any atom is 0.258 e. The van der Waals surface area contributed by atoms with E-state index in [2.05, 4.69) is 21.3 Å². The average molecular weight is 625 g/mol. The average Bonchev–Trinajstić information content (AvgIpc) is 3.49. The summed E-state index contributed by atoms with van der Waals surface area (Å²) >= 11 is 0. The first-order valence-corrected chi connectivity index (χ1v) is 14.9. The first-order valence-electron chi connectivity index (χ1n) is 14.9. The molecular formula is C32H44N6O7. The molecule has 1 heterocycles. The van der Waals surface area contributed by atoms with Gasteiger partial charge in [0.05, 0.1) is 12.5 Å². The second kappa shape index (κ2) is 15.9. The summed E-state index contributed by atoms with van der Waals surface area (Å²) in [5.74, 6) is -2.97. The molecule has 1 saturated heterocycles. The van der Waals surface area contributed by atoms with Crippen molar-refractivity contribution in [2.75, 3.05) is 25.5 Å². The Morgan fingerprint density at radius 1 is 1.02 bits per heavy atom. The van der Waals surface area contributed by atoms with Crippen molar-refractivity contribution in [1.82, 2.24) is 20.9 Å². The summed E-state index contributed by atoms with van der Waals surface area (Å²) in [5.41, 5.74) is 6.43. The minimum Gasteiger partial charge on any atom is -0.484 e. The maximum absolute atomic E-state index is 13.6. The van der Waals surface area contributed by atoms with Crippen molar-refractivity contribution in [3.63, 3.8) is 0 Å². The largest absolute Gasteiger partial charge is 0.484 e.